The summed E-state index contributed by atoms with van der Waals surface area (Å²) in [5.41, 5.74) is 0.975. The molecule has 0 saturated carbocycles. The number of hydrogen-bond acceptors (Lipinski definition) is 2. The molecule has 0 atom stereocenters. The van der Waals surface area contributed by atoms with Crippen molar-refractivity contribution in [2.75, 3.05) is 0 Å². The van der Waals surface area contributed by atoms with E-state index in [9.17, 15) is 8.42 Å². The van der Waals surface area contributed by atoms with E-state index in [1.54, 1.807) is 6.07 Å². The first-order valence-electron chi connectivity index (χ1n) is 5.70. The Balaban J connectivity index is 2.83. The third-order valence-corrected chi connectivity index (χ3v) is 3.81. The van der Waals surface area contributed by atoms with Crippen LogP contribution in [0.3, 0.4) is 0 Å². The molecule has 0 spiro atoms. The number of hydrogen-bond donors (Lipinski definition) is 1. The van der Waals surface area contributed by atoms with Gasteiger partial charge in [-0.15, -0.1) is 0 Å². The molecule has 2 aromatic carbocycles. The molecule has 0 aliphatic rings. The molecule has 0 heterocycles. The van der Waals surface area contributed by atoms with Crippen LogP contribution in [0.5, 0.6) is 0 Å². The Labute approximate surface area is 107 Å². The Morgan fingerprint density at radius 1 is 1.06 bits per heavy atom. The maximum absolute atomic E-state index is 11.2. The van der Waals surface area contributed by atoms with E-state index in [-0.39, 0.29) is 10.3 Å². The highest BCUT2D eigenvalue weighted by atomic mass is 32.2. The van der Waals surface area contributed by atoms with Gasteiger partial charge in [-0.2, -0.15) is 8.42 Å². The summed E-state index contributed by atoms with van der Waals surface area (Å²) in [6, 6.07) is 10.5. The molecule has 2 aromatic rings. The molecule has 0 amide bonds. The van der Waals surface area contributed by atoms with Crippen LogP contribution in [0.4, 0.5) is 0 Å². The van der Waals surface area contributed by atoms with Gasteiger partial charge in [0.2, 0.25) is 0 Å². The molecule has 96 valence electrons. The minimum atomic E-state index is -4.16. The van der Waals surface area contributed by atoms with Crippen LogP contribution in [-0.2, 0) is 15.5 Å². The summed E-state index contributed by atoms with van der Waals surface area (Å²) in [6.07, 6.45) is 0. The molecule has 0 radical (unpaired) electrons. The minimum absolute atomic E-state index is 0.0632. The second-order valence-electron chi connectivity index (χ2n) is 5.41. The maximum Gasteiger partial charge on any atom is 0.294 e. The first-order chi connectivity index (χ1) is 8.19. The average Bonchev–Trinajstić information content (AvgIpc) is 2.25. The van der Waals surface area contributed by atoms with E-state index < -0.39 is 10.1 Å². The highest BCUT2D eigenvalue weighted by Crippen LogP contribution is 2.31. The van der Waals surface area contributed by atoms with Gasteiger partial charge in [0.25, 0.3) is 10.1 Å². The van der Waals surface area contributed by atoms with Crippen molar-refractivity contribution in [3.63, 3.8) is 0 Å². The molecule has 0 unspecified atom stereocenters. The van der Waals surface area contributed by atoms with Crippen molar-refractivity contribution >= 4 is 20.9 Å². The Kier molecular flexibility index (Phi) is 2.95. The van der Waals surface area contributed by atoms with Crippen LogP contribution >= 0.6 is 0 Å². The van der Waals surface area contributed by atoms with E-state index in [1.165, 1.54) is 12.1 Å². The monoisotopic (exact) mass is 264 g/mol. The maximum atomic E-state index is 11.2. The molecular formula is C14H16O3S. The van der Waals surface area contributed by atoms with Crippen molar-refractivity contribution in [3.8, 4) is 0 Å². The Hall–Kier alpha value is -1.39. The summed E-state index contributed by atoms with van der Waals surface area (Å²) >= 11 is 0. The second-order valence-corrected chi connectivity index (χ2v) is 6.84. The summed E-state index contributed by atoms with van der Waals surface area (Å²) < 4.78 is 31.5. The van der Waals surface area contributed by atoms with Gasteiger partial charge in [-0.3, -0.25) is 4.55 Å². The first kappa shape index (κ1) is 13.1. The lowest BCUT2D eigenvalue weighted by atomic mass is 9.84. The summed E-state index contributed by atoms with van der Waals surface area (Å²) in [5, 5.41) is 1.83. The molecule has 0 aliphatic heterocycles. The van der Waals surface area contributed by atoms with Gasteiger partial charge < -0.3 is 0 Å². The summed E-state index contributed by atoms with van der Waals surface area (Å²) in [7, 11) is -4.16. The predicted molar refractivity (Wildman–Crippen MR) is 72.5 cm³/mol. The molecule has 2 rings (SSSR count). The zero-order valence-corrected chi connectivity index (χ0v) is 11.5. The molecular weight excluding hydrogens is 248 g/mol. The molecule has 0 aliphatic carbocycles. The summed E-state index contributed by atoms with van der Waals surface area (Å²) in [6.45, 7) is 6.21. The lowest BCUT2D eigenvalue weighted by Gasteiger charge is -2.21. The largest absolute Gasteiger partial charge is 0.294 e. The fourth-order valence-electron chi connectivity index (χ4n) is 2.07. The highest BCUT2D eigenvalue weighted by molar-refractivity contribution is 7.85. The van der Waals surface area contributed by atoms with Crippen molar-refractivity contribution in [2.24, 2.45) is 0 Å². The van der Waals surface area contributed by atoms with E-state index in [0.717, 1.165) is 16.3 Å². The molecule has 0 bridgehead atoms. The van der Waals surface area contributed by atoms with Crippen LogP contribution < -0.4 is 0 Å². The van der Waals surface area contributed by atoms with Gasteiger partial charge in [0.05, 0.1) is 4.90 Å². The number of fused-ring (bicyclic) bond motifs is 1. The van der Waals surface area contributed by atoms with Gasteiger partial charge in [0.1, 0.15) is 0 Å². The van der Waals surface area contributed by atoms with E-state index in [2.05, 4.69) is 20.8 Å². The third kappa shape index (κ3) is 2.40. The van der Waals surface area contributed by atoms with Crippen molar-refractivity contribution in [1.82, 2.24) is 0 Å². The number of rotatable bonds is 1. The molecule has 0 aromatic heterocycles. The summed E-state index contributed by atoms with van der Waals surface area (Å²) in [5.74, 6) is 0. The van der Waals surface area contributed by atoms with E-state index in [1.807, 2.05) is 18.2 Å². The van der Waals surface area contributed by atoms with E-state index in [4.69, 9.17) is 4.55 Å². The van der Waals surface area contributed by atoms with Crippen LogP contribution in [-0.4, -0.2) is 13.0 Å². The van der Waals surface area contributed by atoms with Crippen molar-refractivity contribution in [3.05, 3.63) is 42.0 Å². The lowest BCUT2D eigenvalue weighted by Crippen LogP contribution is -2.11. The molecule has 1 N–H and O–H groups in total. The normalized spacial score (nSPS) is 12.9. The second kappa shape index (κ2) is 4.07. The van der Waals surface area contributed by atoms with Crippen molar-refractivity contribution < 1.29 is 13.0 Å². The zero-order chi connectivity index (χ0) is 13.6. The number of benzene rings is 2. The van der Waals surface area contributed by atoms with Gasteiger partial charge in [-0.1, -0.05) is 45.0 Å². The molecule has 0 saturated heterocycles. The smallest absolute Gasteiger partial charge is 0.282 e. The van der Waals surface area contributed by atoms with Crippen LogP contribution in [0.25, 0.3) is 10.8 Å². The third-order valence-electron chi connectivity index (χ3n) is 2.96. The first-order valence-corrected chi connectivity index (χ1v) is 7.14. The van der Waals surface area contributed by atoms with Crippen molar-refractivity contribution in [1.29, 1.82) is 0 Å². The average molecular weight is 264 g/mol. The van der Waals surface area contributed by atoms with Crippen LogP contribution in [0, 0.1) is 0 Å². The fourth-order valence-corrected chi connectivity index (χ4v) is 2.57. The fraction of sp³-hybridized carbons (Fsp3) is 0.286. The topological polar surface area (TPSA) is 54.4 Å². The Bertz CT molecular complexity index is 695. The van der Waals surface area contributed by atoms with Crippen LogP contribution in [0.15, 0.2) is 41.3 Å². The van der Waals surface area contributed by atoms with Gasteiger partial charge >= 0.3 is 0 Å². The standard InChI is InChI=1S/C14H16O3S/c1-14(2,3)13-6-4-5-10-7-8-11(9-12(10)13)18(15,16)17/h4-9H,1-3H3,(H,15,16,17). The minimum Gasteiger partial charge on any atom is -0.282 e. The van der Waals surface area contributed by atoms with Crippen LogP contribution in [0.2, 0.25) is 0 Å². The van der Waals surface area contributed by atoms with Crippen LogP contribution in [0.1, 0.15) is 26.3 Å². The Morgan fingerprint density at radius 3 is 2.28 bits per heavy atom. The highest BCUT2D eigenvalue weighted by Gasteiger charge is 2.18. The van der Waals surface area contributed by atoms with E-state index >= 15 is 0 Å². The predicted octanol–water partition coefficient (Wildman–Crippen LogP) is 3.38. The Morgan fingerprint density at radius 2 is 1.72 bits per heavy atom. The molecule has 18 heavy (non-hydrogen) atoms. The molecule has 4 heteroatoms. The lowest BCUT2D eigenvalue weighted by molar-refractivity contribution is 0.483. The van der Waals surface area contributed by atoms with Gasteiger partial charge in [-0.25, -0.2) is 0 Å². The quantitative estimate of drug-likeness (QED) is 0.803. The SMILES string of the molecule is CC(C)(C)c1cccc2ccc(S(=O)(=O)O)cc12. The summed E-state index contributed by atoms with van der Waals surface area (Å²) in [4.78, 5) is -0.0632. The zero-order valence-electron chi connectivity index (χ0n) is 10.6. The van der Waals surface area contributed by atoms with Crippen molar-refractivity contribution in [2.45, 2.75) is 31.1 Å². The van der Waals surface area contributed by atoms with E-state index in [0.29, 0.717) is 0 Å². The van der Waals surface area contributed by atoms with Gasteiger partial charge in [0, 0.05) is 0 Å². The van der Waals surface area contributed by atoms with Gasteiger partial charge in [0.15, 0.2) is 0 Å². The van der Waals surface area contributed by atoms with Gasteiger partial charge in [-0.05, 0) is 33.9 Å². The molecule has 3 nitrogen and oxygen atoms in total. The molecule has 0 fully saturated rings.